The molecule has 1 amide bonds. The van der Waals surface area contributed by atoms with Crippen LogP contribution >= 0.6 is 0 Å². The molecule has 0 aliphatic carbocycles. The van der Waals surface area contributed by atoms with Crippen LogP contribution in [0.25, 0.3) is 0 Å². The van der Waals surface area contributed by atoms with Crippen LogP contribution in [0.1, 0.15) is 22.9 Å². The van der Waals surface area contributed by atoms with E-state index in [4.69, 9.17) is 0 Å². The van der Waals surface area contributed by atoms with Crippen molar-refractivity contribution in [2.24, 2.45) is 0 Å². The Morgan fingerprint density at radius 2 is 1.94 bits per heavy atom. The van der Waals surface area contributed by atoms with Crippen LogP contribution in [0.3, 0.4) is 0 Å². The number of carbonyl (C=O) groups excluding carboxylic acids is 1. The van der Waals surface area contributed by atoms with Crippen LogP contribution in [0, 0.1) is 6.92 Å². The van der Waals surface area contributed by atoms with E-state index in [-0.39, 0.29) is 11.8 Å². The van der Waals surface area contributed by atoms with Gasteiger partial charge in [0.1, 0.15) is 5.92 Å². The number of anilines is 1. The predicted octanol–water partition coefficient (Wildman–Crippen LogP) is 2.41. The van der Waals surface area contributed by atoms with E-state index in [1.807, 2.05) is 43.3 Å². The molecule has 3 heteroatoms. The lowest BCUT2D eigenvalue weighted by Crippen LogP contribution is -2.13. The zero-order valence-corrected chi connectivity index (χ0v) is 8.95. The van der Waals surface area contributed by atoms with Crippen molar-refractivity contribution < 1.29 is 4.79 Å². The quantitative estimate of drug-likeness (QED) is 0.749. The first-order valence-corrected chi connectivity index (χ1v) is 5.31. The van der Waals surface area contributed by atoms with Gasteiger partial charge in [-0.05, 0) is 30.7 Å². The number of fused-ring (bicyclic) bond motifs is 1. The number of aromatic nitrogens is 1. The maximum absolute atomic E-state index is 11.9. The van der Waals surface area contributed by atoms with Gasteiger partial charge >= 0.3 is 0 Å². The zero-order valence-electron chi connectivity index (χ0n) is 8.95. The highest BCUT2D eigenvalue weighted by Crippen LogP contribution is 2.36. The largest absolute Gasteiger partial charge is 0.362 e. The summed E-state index contributed by atoms with van der Waals surface area (Å²) in [6, 6.07) is 11.8. The molecule has 0 spiro atoms. The summed E-state index contributed by atoms with van der Waals surface area (Å²) in [5.74, 6) is -0.145. The number of nitrogens with one attached hydrogen (secondary N) is 2. The third-order valence-electron chi connectivity index (χ3n) is 2.96. The molecule has 2 N–H and O–H groups in total. The van der Waals surface area contributed by atoms with Crippen molar-refractivity contribution in [2.45, 2.75) is 12.8 Å². The molecule has 1 aliphatic rings. The first kappa shape index (κ1) is 9.21. The fourth-order valence-electron chi connectivity index (χ4n) is 2.21. The average Bonchev–Trinajstić information content (AvgIpc) is 2.80. The molecular formula is C13H12N2O. The summed E-state index contributed by atoms with van der Waals surface area (Å²) in [7, 11) is 0. The third-order valence-corrected chi connectivity index (χ3v) is 2.96. The summed E-state index contributed by atoms with van der Waals surface area (Å²) in [6.07, 6.45) is 0. The van der Waals surface area contributed by atoms with Crippen molar-refractivity contribution in [1.82, 2.24) is 4.98 Å². The van der Waals surface area contributed by atoms with Crippen molar-refractivity contribution in [3.05, 3.63) is 53.3 Å². The molecular weight excluding hydrogens is 200 g/mol. The molecule has 1 aromatic carbocycles. The first-order chi connectivity index (χ1) is 7.75. The Kier molecular flexibility index (Phi) is 1.86. The van der Waals surface area contributed by atoms with Gasteiger partial charge in [-0.25, -0.2) is 0 Å². The Balaban J connectivity index is 2.12. The number of hydrogen-bond donors (Lipinski definition) is 2. The van der Waals surface area contributed by atoms with E-state index in [9.17, 15) is 4.79 Å². The van der Waals surface area contributed by atoms with Crippen LogP contribution in [0.4, 0.5) is 5.69 Å². The van der Waals surface area contributed by atoms with E-state index in [1.54, 1.807) is 0 Å². The topological polar surface area (TPSA) is 44.9 Å². The van der Waals surface area contributed by atoms with Gasteiger partial charge in [0.15, 0.2) is 0 Å². The van der Waals surface area contributed by atoms with Gasteiger partial charge < -0.3 is 10.3 Å². The van der Waals surface area contributed by atoms with Gasteiger partial charge in [0.2, 0.25) is 5.91 Å². The van der Waals surface area contributed by atoms with Gasteiger partial charge in [-0.1, -0.05) is 18.2 Å². The fourth-order valence-corrected chi connectivity index (χ4v) is 2.21. The van der Waals surface area contributed by atoms with Crippen LogP contribution in [0.15, 0.2) is 36.4 Å². The summed E-state index contributed by atoms with van der Waals surface area (Å²) >= 11 is 0. The number of benzene rings is 1. The second kappa shape index (κ2) is 3.23. The van der Waals surface area contributed by atoms with Crippen molar-refractivity contribution >= 4 is 11.6 Å². The number of aromatic amines is 1. The Hall–Kier alpha value is -2.03. The highest BCUT2D eigenvalue weighted by Gasteiger charge is 2.32. The molecule has 1 atom stereocenters. The SMILES string of the molecule is Cc1ccc(C2C(=O)Nc3ccccc32)[nH]1. The molecule has 3 nitrogen and oxygen atoms in total. The molecule has 1 aliphatic heterocycles. The maximum Gasteiger partial charge on any atom is 0.237 e. The van der Waals surface area contributed by atoms with Crippen LogP contribution in [0.5, 0.6) is 0 Å². The van der Waals surface area contributed by atoms with Crippen LogP contribution < -0.4 is 5.32 Å². The first-order valence-electron chi connectivity index (χ1n) is 5.31. The van der Waals surface area contributed by atoms with Gasteiger partial charge in [0, 0.05) is 17.1 Å². The predicted molar refractivity (Wildman–Crippen MR) is 62.4 cm³/mol. The molecule has 80 valence electrons. The summed E-state index contributed by atoms with van der Waals surface area (Å²) in [5, 5.41) is 2.90. The number of aryl methyl sites for hydroxylation is 1. The number of para-hydroxylation sites is 1. The summed E-state index contributed by atoms with van der Waals surface area (Å²) in [6.45, 7) is 1.99. The average molecular weight is 212 g/mol. The van der Waals surface area contributed by atoms with Crippen LogP contribution in [-0.4, -0.2) is 10.9 Å². The van der Waals surface area contributed by atoms with Crippen molar-refractivity contribution in [3.63, 3.8) is 0 Å². The normalized spacial score (nSPS) is 18.3. The summed E-state index contributed by atoms with van der Waals surface area (Å²) < 4.78 is 0. The van der Waals surface area contributed by atoms with E-state index in [2.05, 4.69) is 10.3 Å². The number of H-pyrrole nitrogens is 1. The van der Waals surface area contributed by atoms with E-state index >= 15 is 0 Å². The van der Waals surface area contributed by atoms with Gasteiger partial charge in [-0.15, -0.1) is 0 Å². The minimum Gasteiger partial charge on any atom is -0.362 e. The van der Waals surface area contributed by atoms with Gasteiger partial charge in [0.25, 0.3) is 0 Å². The number of amides is 1. The van der Waals surface area contributed by atoms with Crippen molar-refractivity contribution in [2.75, 3.05) is 5.32 Å². The van der Waals surface area contributed by atoms with Gasteiger partial charge in [-0.3, -0.25) is 4.79 Å². The molecule has 2 aromatic rings. The molecule has 0 saturated heterocycles. The highest BCUT2D eigenvalue weighted by atomic mass is 16.2. The maximum atomic E-state index is 11.9. The van der Waals surface area contributed by atoms with E-state index in [0.29, 0.717) is 0 Å². The zero-order chi connectivity index (χ0) is 11.1. The molecule has 1 unspecified atom stereocenters. The second-order valence-electron chi connectivity index (χ2n) is 4.11. The minimum absolute atomic E-state index is 0.0445. The minimum atomic E-state index is -0.190. The van der Waals surface area contributed by atoms with Crippen molar-refractivity contribution in [1.29, 1.82) is 0 Å². The molecule has 0 fully saturated rings. The Labute approximate surface area is 93.5 Å². The lowest BCUT2D eigenvalue weighted by molar-refractivity contribution is -0.116. The summed E-state index contributed by atoms with van der Waals surface area (Å²) in [4.78, 5) is 15.1. The molecule has 1 aromatic heterocycles. The van der Waals surface area contributed by atoms with Crippen LogP contribution in [-0.2, 0) is 4.79 Å². The van der Waals surface area contributed by atoms with Crippen molar-refractivity contribution in [3.8, 4) is 0 Å². The van der Waals surface area contributed by atoms with E-state index in [0.717, 1.165) is 22.6 Å². The Bertz CT molecular complexity index is 557. The molecule has 16 heavy (non-hydrogen) atoms. The molecule has 0 radical (unpaired) electrons. The van der Waals surface area contributed by atoms with Crippen LogP contribution in [0.2, 0.25) is 0 Å². The number of hydrogen-bond acceptors (Lipinski definition) is 1. The lowest BCUT2D eigenvalue weighted by atomic mass is 9.98. The van der Waals surface area contributed by atoms with Gasteiger partial charge in [0.05, 0.1) is 0 Å². The lowest BCUT2D eigenvalue weighted by Gasteiger charge is -2.05. The monoisotopic (exact) mass is 212 g/mol. The number of rotatable bonds is 1. The smallest absolute Gasteiger partial charge is 0.237 e. The Morgan fingerprint density at radius 1 is 1.12 bits per heavy atom. The molecule has 0 bridgehead atoms. The molecule has 3 rings (SSSR count). The molecule has 0 saturated carbocycles. The second-order valence-corrected chi connectivity index (χ2v) is 4.11. The van der Waals surface area contributed by atoms with E-state index < -0.39 is 0 Å². The summed E-state index contributed by atoms with van der Waals surface area (Å²) in [5.41, 5.74) is 4.01. The highest BCUT2D eigenvalue weighted by molar-refractivity contribution is 6.04. The third kappa shape index (κ3) is 1.25. The van der Waals surface area contributed by atoms with E-state index in [1.165, 1.54) is 0 Å². The fraction of sp³-hybridized carbons (Fsp3) is 0.154. The number of carbonyl (C=O) groups is 1. The standard InChI is InChI=1S/C13H12N2O/c1-8-6-7-11(14-8)12-9-4-2-3-5-10(9)15-13(12)16/h2-7,12,14H,1H3,(H,15,16). The van der Waals surface area contributed by atoms with Gasteiger partial charge in [-0.2, -0.15) is 0 Å². The molecule has 2 heterocycles. The Morgan fingerprint density at radius 3 is 2.69 bits per heavy atom.